The summed E-state index contributed by atoms with van der Waals surface area (Å²) >= 11 is 0. The van der Waals surface area contributed by atoms with Crippen molar-refractivity contribution in [2.45, 2.75) is 124 Å². The Bertz CT molecular complexity index is 369. The van der Waals surface area contributed by atoms with E-state index < -0.39 is 0 Å². The number of methoxy groups -OCH3 is 1. The number of aliphatic hydroxyl groups is 1. The van der Waals surface area contributed by atoms with Crippen LogP contribution in [0.25, 0.3) is 0 Å². The van der Waals surface area contributed by atoms with Crippen LogP contribution in [0.4, 0.5) is 0 Å². The molecular formula is C29H62N2O3. The number of unbranched alkanes of at least 4 members (excludes halogenated alkanes) is 11. The number of hydrogen-bond acceptors (Lipinski definition) is 5. The summed E-state index contributed by atoms with van der Waals surface area (Å²) < 4.78 is 5.36. The van der Waals surface area contributed by atoms with Crippen LogP contribution >= 0.6 is 0 Å². The molecule has 0 spiro atoms. The second-order valence-electron chi connectivity index (χ2n) is 9.65. The molecule has 0 heterocycles. The first kappa shape index (κ1) is 35.7. The first-order chi connectivity index (χ1) is 16.7. The molecule has 5 heteroatoms. The van der Waals surface area contributed by atoms with Gasteiger partial charge in [-0.2, -0.15) is 0 Å². The first-order valence-corrected chi connectivity index (χ1v) is 14.7. The van der Waals surface area contributed by atoms with E-state index in [9.17, 15) is 4.79 Å². The Labute approximate surface area is 213 Å². The van der Waals surface area contributed by atoms with Gasteiger partial charge in [0.15, 0.2) is 0 Å². The molecule has 0 saturated heterocycles. The fourth-order valence-corrected chi connectivity index (χ4v) is 4.21. The molecule has 1 atom stereocenters. The molecule has 0 fully saturated rings. The highest BCUT2D eigenvalue weighted by atomic mass is 16.5. The molecule has 0 aliphatic heterocycles. The van der Waals surface area contributed by atoms with Crippen LogP contribution in [-0.4, -0.2) is 69.3 Å². The number of aliphatic hydroxyl groups excluding tert-OH is 1. The second kappa shape index (κ2) is 32.5. The van der Waals surface area contributed by atoms with Crippen molar-refractivity contribution in [1.29, 1.82) is 0 Å². The third-order valence-corrected chi connectivity index (χ3v) is 6.48. The van der Waals surface area contributed by atoms with Gasteiger partial charge in [0.2, 0.25) is 0 Å². The normalized spacial score (nSPS) is 11.9. The average Bonchev–Trinajstić information content (AvgIpc) is 2.85. The van der Waals surface area contributed by atoms with E-state index in [1.165, 1.54) is 77.0 Å². The van der Waals surface area contributed by atoms with Crippen LogP contribution in [-0.2, 0) is 9.53 Å². The van der Waals surface area contributed by atoms with E-state index in [0.717, 1.165) is 70.8 Å². The highest BCUT2D eigenvalue weighted by Gasteiger charge is 2.08. The van der Waals surface area contributed by atoms with E-state index >= 15 is 0 Å². The Balaban J connectivity index is 0. The van der Waals surface area contributed by atoms with Gasteiger partial charge in [0.1, 0.15) is 6.29 Å². The topological polar surface area (TPSA) is 61.8 Å². The van der Waals surface area contributed by atoms with E-state index in [1.54, 1.807) is 0 Å². The Morgan fingerprint density at radius 3 is 1.94 bits per heavy atom. The molecule has 0 aromatic rings. The van der Waals surface area contributed by atoms with Crippen LogP contribution < -0.4 is 5.32 Å². The van der Waals surface area contributed by atoms with Gasteiger partial charge in [-0.1, -0.05) is 91.4 Å². The van der Waals surface area contributed by atoms with Crippen molar-refractivity contribution in [3.63, 3.8) is 0 Å². The van der Waals surface area contributed by atoms with Gasteiger partial charge in [0.25, 0.3) is 0 Å². The fourth-order valence-electron chi connectivity index (χ4n) is 4.21. The van der Waals surface area contributed by atoms with Gasteiger partial charge in [-0.05, 0) is 44.7 Å². The third-order valence-electron chi connectivity index (χ3n) is 6.48. The molecule has 0 rings (SSSR count). The Hall–Kier alpha value is -0.490. The number of ether oxygens (including phenoxy) is 1. The molecule has 0 radical (unpaired) electrons. The molecule has 1 unspecified atom stereocenters. The maximum absolute atomic E-state index is 10.1. The van der Waals surface area contributed by atoms with E-state index in [4.69, 9.17) is 9.84 Å². The Morgan fingerprint density at radius 1 is 0.794 bits per heavy atom. The van der Waals surface area contributed by atoms with Crippen molar-refractivity contribution < 1.29 is 14.6 Å². The van der Waals surface area contributed by atoms with Crippen molar-refractivity contribution in [1.82, 2.24) is 10.2 Å². The largest absolute Gasteiger partial charge is 0.395 e. The van der Waals surface area contributed by atoms with Gasteiger partial charge in [-0.15, -0.1) is 0 Å². The average molecular weight is 487 g/mol. The first-order valence-electron chi connectivity index (χ1n) is 14.7. The third kappa shape index (κ3) is 29.5. The summed E-state index contributed by atoms with van der Waals surface area (Å²) in [5.41, 5.74) is 0. The molecule has 0 amide bonds. The van der Waals surface area contributed by atoms with Crippen LogP contribution in [0.15, 0.2) is 0 Å². The lowest BCUT2D eigenvalue weighted by Gasteiger charge is -2.19. The van der Waals surface area contributed by atoms with Crippen LogP contribution in [0.1, 0.15) is 124 Å². The van der Waals surface area contributed by atoms with Gasteiger partial charge in [-0.3, -0.25) is 0 Å². The van der Waals surface area contributed by atoms with Gasteiger partial charge in [0.05, 0.1) is 6.61 Å². The van der Waals surface area contributed by atoms with Crippen LogP contribution in [0, 0.1) is 5.92 Å². The molecule has 0 aromatic heterocycles. The van der Waals surface area contributed by atoms with Gasteiger partial charge < -0.3 is 24.9 Å². The molecule has 0 aliphatic carbocycles. The number of carbonyl (C=O) groups excluding carboxylic acids is 1. The summed E-state index contributed by atoms with van der Waals surface area (Å²) in [5, 5.41) is 12.2. The number of likely N-dealkylation sites (N-methyl/N-ethyl adjacent to an activating group) is 1. The number of nitrogens with zero attached hydrogens (tertiary/aromatic N) is 1. The summed E-state index contributed by atoms with van der Waals surface area (Å²) in [4.78, 5) is 12.3. The summed E-state index contributed by atoms with van der Waals surface area (Å²) in [6.07, 6.45) is 21.7. The monoisotopic (exact) mass is 486 g/mol. The molecule has 2 N–H and O–H groups in total. The molecule has 5 nitrogen and oxygen atoms in total. The lowest BCUT2D eigenvalue weighted by molar-refractivity contribution is -0.107. The number of aldehydes is 1. The number of nitrogens with one attached hydrogen (secondary N) is 1. The fraction of sp³-hybridized carbons (Fsp3) is 0.966. The molecule has 0 bridgehead atoms. The lowest BCUT2D eigenvalue weighted by Crippen LogP contribution is -2.34. The molecule has 0 aliphatic rings. The molecule has 34 heavy (non-hydrogen) atoms. The van der Waals surface area contributed by atoms with E-state index in [-0.39, 0.29) is 6.61 Å². The van der Waals surface area contributed by atoms with Crippen LogP contribution in [0.3, 0.4) is 0 Å². The van der Waals surface area contributed by atoms with Crippen molar-refractivity contribution in [3.05, 3.63) is 0 Å². The minimum atomic E-state index is 0.236. The molecule has 0 saturated carbocycles. The Kier molecular flexibility index (Phi) is 34.1. The predicted octanol–water partition coefficient (Wildman–Crippen LogP) is 6.62. The minimum Gasteiger partial charge on any atom is -0.395 e. The summed E-state index contributed by atoms with van der Waals surface area (Å²) in [6, 6.07) is 0. The van der Waals surface area contributed by atoms with E-state index in [2.05, 4.69) is 31.0 Å². The van der Waals surface area contributed by atoms with Gasteiger partial charge >= 0.3 is 0 Å². The standard InChI is InChI=1S/C17H36O.C12H26N2O2/c1-4-6-8-10-11-13-15-17(16-18-3)14-12-9-7-5-2;1-2-14(10-12-16)9-8-13-7-5-3-4-6-11-15/h17H,4-16H2,1-3H3;11,13,16H,2-10,12H2,1H3. The SMILES string of the molecule is CCCCCCCCC(CCCCCC)COC.CCN(CCO)CCNCCCCCC=O. The second-order valence-corrected chi connectivity index (χ2v) is 9.65. The molecule has 0 aromatic carbocycles. The zero-order valence-corrected chi connectivity index (χ0v) is 23.6. The summed E-state index contributed by atoms with van der Waals surface area (Å²) in [7, 11) is 1.85. The van der Waals surface area contributed by atoms with Crippen molar-refractivity contribution in [2.24, 2.45) is 5.92 Å². The maximum atomic E-state index is 10.1. The van der Waals surface area contributed by atoms with Crippen LogP contribution in [0.5, 0.6) is 0 Å². The van der Waals surface area contributed by atoms with E-state index in [1.807, 2.05) is 7.11 Å². The van der Waals surface area contributed by atoms with Gasteiger partial charge in [-0.25, -0.2) is 0 Å². The van der Waals surface area contributed by atoms with Crippen molar-refractivity contribution in [2.75, 3.05) is 53.0 Å². The van der Waals surface area contributed by atoms with Crippen LogP contribution in [0.2, 0.25) is 0 Å². The zero-order chi connectivity index (χ0) is 25.5. The highest BCUT2D eigenvalue weighted by Crippen LogP contribution is 2.19. The summed E-state index contributed by atoms with van der Waals surface area (Å²) in [6.45, 7) is 12.6. The van der Waals surface area contributed by atoms with Crippen molar-refractivity contribution >= 4 is 6.29 Å². The predicted molar refractivity (Wildman–Crippen MR) is 149 cm³/mol. The van der Waals surface area contributed by atoms with Crippen molar-refractivity contribution in [3.8, 4) is 0 Å². The maximum Gasteiger partial charge on any atom is 0.119 e. The van der Waals surface area contributed by atoms with E-state index in [0.29, 0.717) is 6.42 Å². The summed E-state index contributed by atoms with van der Waals surface area (Å²) in [5.74, 6) is 0.818. The number of carbonyl (C=O) groups is 1. The van der Waals surface area contributed by atoms with Gasteiger partial charge in [0, 0.05) is 39.8 Å². The smallest absolute Gasteiger partial charge is 0.119 e. The zero-order valence-electron chi connectivity index (χ0n) is 23.6. The molecular weight excluding hydrogens is 424 g/mol. The quantitative estimate of drug-likeness (QED) is 0.106. The highest BCUT2D eigenvalue weighted by molar-refractivity contribution is 5.48. The molecule has 206 valence electrons. The minimum absolute atomic E-state index is 0.236. The Morgan fingerprint density at radius 2 is 1.38 bits per heavy atom. The lowest BCUT2D eigenvalue weighted by atomic mass is 9.95. The number of hydrogen-bond donors (Lipinski definition) is 2. The number of rotatable bonds is 26.